The average molecular weight is 378 g/mol. The Labute approximate surface area is 155 Å². The van der Waals surface area contributed by atoms with E-state index in [1.54, 1.807) is 35.2 Å². The molecule has 0 aromatic heterocycles. The molecular formula is C17H18N2O4S2. The van der Waals surface area contributed by atoms with Crippen molar-refractivity contribution in [2.45, 2.75) is 0 Å². The van der Waals surface area contributed by atoms with Crippen molar-refractivity contribution >= 4 is 46.3 Å². The van der Waals surface area contributed by atoms with Crippen molar-refractivity contribution < 1.29 is 19.1 Å². The highest BCUT2D eigenvalue weighted by Gasteiger charge is 2.33. The van der Waals surface area contributed by atoms with Crippen molar-refractivity contribution in [1.29, 1.82) is 0 Å². The molecule has 0 unspecified atom stereocenters. The second-order valence-corrected chi connectivity index (χ2v) is 7.27. The van der Waals surface area contributed by atoms with Crippen molar-refractivity contribution in [3.63, 3.8) is 0 Å². The van der Waals surface area contributed by atoms with Crippen LogP contribution >= 0.6 is 24.0 Å². The topological polar surface area (TPSA) is 59.1 Å². The second kappa shape index (κ2) is 8.09. The number of carbonyl (C=O) groups excluding carboxylic acids is 2. The van der Waals surface area contributed by atoms with Crippen LogP contribution < -0.4 is 0 Å². The van der Waals surface area contributed by atoms with Gasteiger partial charge in [0.05, 0.1) is 37.5 Å². The summed E-state index contributed by atoms with van der Waals surface area (Å²) < 4.78 is 10.6. The fraction of sp³-hybridized carbons (Fsp3) is 0.353. The van der Waals surface area contributed by atoms with Crippen molar-refractivity contribution in [2.75, 3.05) is 40.1 Å². The fourth-order valence-corrected chi connectivity index (χ4v) is 3.79. The maximum absolute atomic E-state index is 12.6. The molecule has 25 heavy (non-hydrogen) atoms. The molecule has 0 atom stereocenters. The lowest BCUT2D eigenvalue weighted by molar-refractivity contribution is -0.124. The molecule has 2 fully saturated rings. The van der Waals surface area contributed by atoms with Gasteiger partial charge in [-0.15, -0.1) is 0 Å². The summed E-state index contributed by atoms with van der Waals surface area (Å²) in [5.74, 6) is -0.470. The first-order valence-electron chi connectivity index (χ1n) is 7.82. The Morgan fingerprint density at radius 1 is 1.32 bits per heavy atom. The molecule has 3 rings (SSSR count). The van der Waals surface area contributed by atoms with Crippen molar-refractivity contribution in [3.8, 4) is 0 Å². The molecule has 0 spiro atoms. The first kappa shape index (κ1) is 18.1. The number of rotatable bonds is 4. The van der Waals surface area contributed by atoms with Gasteiger partial charge in [-0.2, -0.15) is 0 Å². The third-order valence-electron chi connectivity index (χ3n) is 3.95. The highest BCUT2D eigenvalue weighted by atomic mass is 32.2. The van der Waals surface area contributed by atoms with Crippen LogP contribution in [0.15, 0.2) is 29.2 Å². The molecule has 2 heterocycles. The molecule has 2 saturated heterocycles. The molecule has 2 aliphatic heterocycles. The van der Waals surface area contributed by atoms with E-state index in [1.165, 1.54) is 18.9 Å². The summed E-state index contributed by atoms with van der Waals surface area (Å²) >= 11 is 6.66. The number of morpholine rings is 1. The van der Waals surface area contributed by atoms with E-state index in [4.69, 9.17) is 17.0 Å². The number of esters is 1. The number of hydrogen-bond donors (Lipinski definition) is 0. The number of methoxy groups -OCH3 is 1. The molecule has 6 nitrogen and oxygen atoms in total. The minimum atomic E-state index is -0.386. The molecule has 1 aromatic carbocycles. The third-order valence-corrected chi connectivity index (χ3v) is 5.33. The monoisotopic (exact) mass is 378 g/mol. The predicted molar refractivity (Wildman–Crippen MR) is 100 cm³/mol. The summed E-state index contributed by atoms with van der Waals surface area (Å²) in [6, 6.07) is 6.90. The van der Waals surface area contributed by atoms with E-state index in [0.717, 1.165) is 18.7 Å². The van der Waals surface area contributed by atoms with Crippen LogP contribution in [-0.2, 0) is 14.3 Å². The summed E-state index contributed by atoms with van der Waals surface area (Å²) in [7, 11) is 1.34. The summed E-state index contributed by atoms with van der Waals surface area (Å²) in [5.41, 5.74) is 1.30. The van der Waals surface area contributed by atoms with Gasteiger partial charge in [-0.1, -0.05) is 36.1 Å². The van der Waals surface area contributed by atoms with Crippen molar-refractivity contribution in [1.82, 2.24) is 9.80 Å². The van der Waals surface area contributed by atoms with Gasteiger partial charge in [-0.3, -0.25) is 14.6 Å². The number of hydrogen-bond acceptors (Lipinski definition) is 7. The number of thiocarbonyl (C=S) groups is 1. The summed E-state index contributed by atoms with van der Waals surface area (Å²) in [5, 5.41) is 0. The third kappa shape index (κ3) is 4.27. The lowest BCUT2D eigenvalue weighted by atomic mass is 10.1. The Kier molecular flexibility index (Phi) is 5.85. The van der Waals surface area contributed by atoms with Gasteiger partial charge in [0, 0.05) is 13.1 Å². The van der Waals surface area contributed by atoms with Crippen LogP contribution in [0, 0.1) is 0 Å². The van der Waals surface area contributed by atoms with Gasteiger partial charge in [0.2, 0.25) is 0 Å². The van der Waals surface area contributed by atoms with Crippen LogP contribution in [0.3, 0.4) is 0 Å². The van der Waals surface area contributed by atoms with Crippen LogP contribution in [0.5, 0.6) is 0 Å². The maximum Gasteiger partial charge on any atom is 0.337 e. The molecule has 0 radical (unpaired) electrons. The Morgan fingerprint density at radius 3 is 2.64 bits per heavy atom. The molecule has 132 valence electrons. The number of thioether (sulfide) groups is 1. The van der Waals surface area contributed by atoms with Gasteiger partial charge in [-0.05, 0) is 23.8 Å². The van der Waals surface area contributed by atoms with E-state index in [9.17, 15) is 9.59 Å². The smallest absolute Gasteiger partial charge is 0.337 e. The van der Waals surface area contributed by atoms with Crippen LogP contribution in [0.2, 0.25) is 0 Å². The minimum absolute atomic E-state index is 0.0847. The van der Waals surface area contributed by atoms with E-state index in [-0.39, 0.29) is 11.9 Å². The molecular weight excluding hydrogens is 360 g/mol. The Balaban J connectivity index is 1.70. The summed E-state index contributed by atoms with van der Waals surface area (Å²) in [4.78, 5) is 28.5. The summed E-state index contributed by atoms with van der Waals surface area (Å²) in [6.45, 7) is 3.44. The van der Waals surface area contributed by atoms with Gasteiger partial charge >= 0.3 is 5.97 Å². The van der Waals surface area contributed by atoms with Crippen LogP contribution in [0.25, 0.3) is 6.08 Å². The molecule has 1 aromatic rings. The predicted octanol–water partition coefficient (Wildman–Crippen LogP) is 1.96. The Hall–Kier alpha value is -1.74. The van der Waals surface area contributed by atoms with Crippen LogP contribution in [0.1, 0.15) is 15.9 Å². The van der Waals surface area contributed by atoms with E-state index in [2.05, 4.69) is 9.64 Å². The molecule has 0 bridgehead atoms. The first-order valence-corrected chi connectivity index (χ1v) is 9.05. The van der Waals surface area contributed by atoms with Crippen molar-refractivity contribution in [2.24, 2.45) is 0 Å². The van der Waals surface area contributed by atoms with E-state index in [0.29, 0.717) is 34.7 Å². The largest absolute Gasteiger partial charge is 0.465 e. The lowest BCUT2D eigenvalue weighted by Gasteiger charge is -2.29. The molecule has 1 amide bonds. The minimum Gasteiger partial charge on any atom is -0.465 e. The number of amides is 1. The van der Waals surface area contributed by atoms with Gasteiger partial charge < -0.3 is 9.47 Å². The highest BCUT2D eigenvalue weighted by molar-refractivity contribution is 8.26. The van der Waals surface area contributed by atoms with Crippen LogP contribution in [-0.4, -0.2) is 66.1 Å². The van der Waals surface area contributed by atoms with Crippen LogP contribution in [0.4, 0.5) is 0 Å². The lowest BCUT2D eigenvalue weighted by Crippen LogP contribution is -2.45. The SMILES string of the molecule is COC(=O)c1ccc(/C=C2\SC(=S)N(CN3CCOCC3)C2=O)cc1. The normalized spacial score (nSPS) is 20.4. The fourth-order valence-electron chi connectivity index (χ4n) is 2.55. The second-order valence-electron chi connectivity index (χ2n) is 5.60. The summed E-state index contributed by atoms with van der Waals surface area (Å²) in [6.07, 6.45) is 1.79. The molecule has 0 saturated carbocycles. The molecule has 2 aliphatic rings. The number of benzene rings is 1. The van der Waals surface area contributed by atoms with Crippen molar-refractivity contribution in [3.05, 3.63) is 40.3 Å². The quantitative estimate of drug-likeness (QED) is 0.451. The maximum atomic E-state index is 12.6. The number of ether oxygens (including phenoxy) is 2. The van der Waals surface area contributed by atoms with Gasteiger partial charge in [0.1, 0.15) is 4.32 Å². The van der Waals surface area contributed by atoms with E-state index >= 15 is 0 Å². The molecule has 8 heteroatoms. The zero-order valence-corrected chi connectivity index (χ0v) is 15.4. The van der Waals surface area contributed by atoms with Gasteiger partial charge in [0.25, 0.3) is 5.91 Å². The zero-order chi connectivity index (χ0) is 17.8. The zero-order valence-electron chi connectivity index (χ0n) is 13.8. The Morgan fingerprint density at radius 2 is 2.00 bits per heavy atom. The Bertz CT molecular complexity index is 712. The van der Waals surface area contributed by atoms with E-state index in [1.807, 2.05) is 0 Å². The van der Waals surface area contributed by atoms with E-state index < -0.39 is 0 Å². The average Bonchev–Trinajstić information content (AvgIpc) is 2.90. The molecule has 0 aliphatic carbocycles. The van der Waals surface area contributed by atoms with Gasteiger partial charge in [-0.25, -0.2) is 4.79 Å². The highest BCUT2D eigenvalue weighted by Crippen LogP contribution is 2.32. The van der Waals surface area contributed by atoms with Gasteiger partial charge in [0.15, 0.2) is 0 Å². The number of nitrogens with zero attached hydrogens (tertiary/aromatic N) is 2. The first-order chi connectivity index (χ1) is 12.1. The standard InChI is InChI=1S/C17H18N2O4S2/c1-22-16(21)13-4-2-12(3-5-13)10-14-15(20)19(17(24)25-14)11-18-6-8-23-9-7-18/h2-5,10H,6-9,11H2,1H3/b14-10-. The number of carbonyl (C=O) groups is 2. The molecule has 0 N–H and O–H groups in total.